The molecule has 2 aromatic carbocycles. The van der Waals surface area contributed by atoms with Crippen molar-refractivity contribution in [2.24, 2.45) is 5.92 Å². The number of furan rings is 1. The second-order valence-corrected chi connectivity index (χ2v) is 7.94. The third-order valence-electron chi connectivity index (χ3n) is 5.42. The molecule has 2 amide bonds. The van der Waals surface area contributed by atoms with Crippen molar-refractivity contribution in [2.45, 2.75) is 38.5 Å². The number of carbonyl (C=O) groups excluding carboxylic acids is 2. The van der Waals surface area contributed by atoms with Crippen LogP contribution in [0.15, 0.2) is 52.9 Å². The monoisotopic (exact) mass is 410 g/mol. The molecule has 0 saturated heterocycles. The highest BCUT2D eigenvalue weighted by Gasteiger charge is 2.23. The molecule has 0 bridgehead atoms. The molecule has 1 saturated carbocycles. The van der Waals surface area contributed by atoms with E-state index < -0.39 is 5.91 Å². The zero-order valence-corrected chi connectivity index (χ0v) is 16.8. The third kappa shape index (κ3) is 4.62. The highest BCUT2D eigenvalue weighted by molar-refractivity contribution is 6.30. The van der Waals surface area contributed by atoms with Gasteiger partial charge in [-0.25, -0.2) is 0 Å². The van der Waals surface area contributed by atoms with E-state index in [1.807, 2.05) is 18.2 Å². The number of hydrogen-bond donors (Lipinski definition) is 2. The van der Waals surface area contributed by atoms with E-state index in [9.17, 15) is 9.59 Å². The fraction of sp³-hybridized carbons (Fsp3) is 0.304. The van der Waals surface area contributed by atoms with Crippen molar-refractivity contribution in [3.8, 4) is 0 Å². The quantitative estimate of drug-likeness (QED) is 0.504. The van der Waals surface area contributed by atoms with E-state index in [0.29, 0.717) is 39.7 Å². The van der Waals surface area contributed by atoms with Gasteiger partial charge in [0.05, 0.1) is 0 Å². The number of para-hydroxylation sites is 1. The average Bonchev–Trinajstić information content (AvgIpc) is 3.36. The van der Waals surface area contributed by atoms with Crippen LogP contribution in [0.2, 0.25) is 5.02 Å². The van der Waals surface area contributed by atoms with Gasteiger partial charge in [0.2, 0.25) is 11.7 Å². The Labute approximate surface area is 174 Å². The number of anilines is 2. The summed E-state index contributed by atoms with van der Waals surface area (Å²) in [5.41, 5.74) is 1.57. The molecular weight excluding hydrogens is 388 g/mol. The van der Waals surface area contributed by atoms with Crippen molar-refractivity contribution in [1.82, 2.24) is 0 Å². The molecule has 0 atom stereocenters. The molecule has 5 nitrogen and oxygen atoms in total. The number of amides is 2. The second kappa shape index (κ2) is 8.70. The van der Waals surface area contributed by atoms with E-state index in [0.717, 1.165) is 6.42 Å². The lowest BCUT2D eigenvalue weighted by Gasteiger charge is -2.10. The van der Waals surface area contributed by atoms with Gasteiger partial charge in [0.25, 0.3) is 5.91 Å². The summed E-state index contributed by atoms with van der Waals surface area (Å²) < 4.78 is 5.78. The van der Waals surface area contributed by atoms with Crippen LogP contribution in [0, 0.1) is 5.92 Å². The molecular formula is C23H23ClN2O3. The fourth-order valence-corrected chi connectivity index (χ4v) is 4.01. The van der Waals surface area contributed by atoms with E-state index in [-0.39, 0.29) is 11.7 Å². The topological polar surface area (TPSA) is 71.3 Å². The maximum absolute atomic E-state index is 12.8. The summed E-state index contributed by atoms with van der Waals surface area (Å²) in [5.74, 6) is 0.212. The van der Waals surface area contributed by atoms with E-state index in [1.165, 1.54) is 25.7 Å². The van der Waals surface area contributed by atoms with Gasteiger partial charge in [-0.2, -0.15) is 0 Å². The standard InChI is InChI=1S/C23H23ClN2O3/c24-16-10-12-17(13-11-16)25-23(28)22-21(18-7-3-4-8-19(18)29-22)26-20(27)14-9-15-5-1-2-6-15/h3-4,7-8,10-13,15H,1-2,5-6,9,14H2,(H,25,28)(H,26,27). The minimum atomic E-state index is -0.422. The molecule has 1 aliphatic rings. The largest absolute Gasteiger partial charge is 0.449 e. The summed E-state index contributed by atoms with van der Waals surface area (Å²) in [6, 6.07) is 14.1. The minimum absolute atomic E-state index is 0.0929. The van der Waals surface area contributed by atoms with Gasteiger partial charge in [-0.05, 0) is 48.7 Å². The van der Waals surface area contributed by atoms with Crippen LogP contribution < -0.4 is 10.6 Å². The van der Waals surface area contributed by atoms with Crippen LogP contribution in [-0.4, -0.2) is 11.8 Å². The maximum Gasteiger partial charge on any atom is 0.293 e. The number of fused-ring (bicyclic) bond motifs is 1. The zero-order chi connectivity index (χ0) is 20.2. The predicted molar refractivity (Wildman–Crippen MR) is 115 cm³/mol. The van der Waals surface area contributed by atoms with Crippen LogP contribution in [0.3, 0.4) is 0 Å². The number of rotatable bonds is 6. The van der Waals surface area contributed by atoms with Crippen LogP contribution in [0.4, 0.5) is 11.4 Å². The number of halogens is 1. The van der Waals surface area contributed by atoms with Crippen LogP contribution >= 0.6 is 11.6 Å². The SMILES string of the molecule is O=C(CCC1CCCC1)Nc1c(C(=O)Nc2ccc(Cl)cc2)oc2ccccc12. The fourth-order valence-electron chi connectivity index (χ4n) is 3.89. The van der Waals surface area contributed by atoms with E-state index >= 15 is 0 Å². The summed E-state index contributed by atoms with van der Waals surface area (Å²) in [5, 5.41) is 7.01. The molecule has 0 unspecified atom stereocenters. The first-order valence-electron chi connectivity index (χ1n) is 9.98. The Morgan fingerprint density at radius 2 is 1.72 bits per heavy atom. The lowest BCUT2D eigenvalue weighted by Crippen LogP contribution is -2.17. The first-order valence-corrected chi connectivity index (χ1v) is 10.4. The van der Waals surface area contributed by atoms with Gasteiger partial charge in [-0.1, -0.05) is 49.4 Å². The molecule has 2 N–H and O–H groups in total. The smallest absolute Gasteiger partial charge is 0.293 e. The second-order valence-electron chi connectivity index (χ2n) is 7.50. The summed E-state index contributed by atoms with van der Waals surface area (Å²) in [4.78, 5) is 25.4. The first-order chi connectivity index (χ1) is 14.1. The molecule has 6 heteroatoms. The molecule has 3 aromatic rings. The lowest BCUT2D eigenvalue weighted by molar-refractivity contribution is -0.116. The van der Waals surface area contributed by atoms with Crippen molar-refractivity contribution < 1.29 is 14.0 Å². The Morgan fingerprint density at radius 1 is 1.00 bits per heavy atom. The van der Waals surface area contributed by atoms with Crippen molar-refractivity contribution in [3.63, 3.8) is 0 Å². The highest BCUT2D eigenvalue weighted by atomic mass is 35.5. The normalized spacial score (nSPS) is 14.2. The predicted octanol–water partition coefficient (Wildman–Crippen LogP) is 6.25. The number of carbonyl (C=O) groups is 2. The van der Waals surface area contributed by atoms with Crippen molar-refractivity contribution >= 4 is 45.8 Å². The van der Waals surface area contributed by atoms with Gasteiger partial charge < -0.3 is 15.1 Å². The van der Waals surface area contributed by atoms with Crippen molar-refractivity contribution in [1.29, 1.82) is 0 Å². The van der Waals surface area contributed by atoms with Gasteiger partial charge >= 0.3 is 0 Å². The molecule has 0 spiro atoms. The lowest BCUT2D eigenvalue weighted by atomic mass is 10.0. The molecule has 1 fully saturated rings. The van der Waals surface area contributed by atoms with Gasteiger partial charge in [0, 0.05) is 22.5 Å². The van der Waals surface area contributed by atoms with E-state index in [2.05, 4.69) is 10.6 Å². The van der Waals surface area contributed by atoms with E-state index in [4.69, 9.17) is 16.0 Å². The molecule has 4 rings (SSSR count). The maximum atomic E-state index is 12.8. The third-order valence-corrected chi connectivity index (χ3v) is 5.67. The Bertz CT molecular complexity index is 1020. The zero-order valence-electron chi connectivity index (χ0n) is 16.0. The number of nitrogens with one attached hydrogen (secondary N) is 2. The van der Waals surface area contributed by atoms with E-state index in [1.54, 1.807) is 30.3 Å². The van der Waals surface area contributed by atoms with Crippen LogP contribution in [0.25, 0.3) is 11.0 Å². The first kappa shape index (κ1) is 19.5. The summed E-state index contributed by atoms with van der Waals surface area (Å²) in [7, 11) is 0. The highest BCUT2D eigenvalue weighted by Crippen LogP contribution is 2.33. The Hall–Kier alpha value is -2.79. The minimum Gasteiger partial charge on any atom is -0.449 e. The van der Waals surface area contributed by atoms with Crippen LogP contribution in [0.1, 0.15) is 49.1 Å². The summed E-state index contributed by atoms with van der Waals surface area (Å²) >= 11 is 5.90. The molecule has 0 aliphatic heterocycles. The number of benzene rings is 2. The van der Waals surface area contributed by atoms with Gasteiger partial charge in [-0.3, -0.25) is 9.59 Å². The number of hydrogen-bond acceptors (Lipinski definition) is 3. The molecule has 150 valence electrons. The van der Waals surface area contributed by atoms with Gasteiger partial charge in [0.1, 0.15) is 11.3 Å². The van der Waals surface area contributed by atoms with Gasteiger partial charge in [-0.15, -0.1) is 0 Å². The van der Waals surface area contributed by atoms with Crippen molar-refractivity contribution in [3.05, 3.63) is 59.3 Å². The summed E-state index contributed by atoms with van der Waals surface area (Å²) in [6.07, 6.45) is 6.25. The average molecular weight is 411 g/mol. The molecule has 29 heavy (non-hydrogen) atoms. The molecule has 1 aromatic heterocycles. The summed E-state index contributed by atoms with van der Waals surface area (Å²) in [6.45, 7) is 0. The Kier molecular flexibility index (Phi) is 5.86. The Morgan fingerprint density at radius 3 is 2.48 bits per heavy atom. The van der Waals surface area contributed by atoms with Gasteiger partial charge in [0.15, 0.2) is 0 Å². The molecule has 0 radical (unpaired) electrons. The van der Waals surface area contributed by atoms with Crippen LogP contribution in [0.5, 0.6) is 0 Å². The molecule has 1 aliphatic carbocycles. The van der Waals surface area contributed by atoms with Crippen molar-refractivity contribution in [2.75, 3.05) is 10.6 Å². The molecule has 1 heterocycles. The van der Waals surface area contributed by atoms with Crippen LogP contribution in [-0.2, 0) is 4.79 Å². The Balaban J connectivity index is 1.54.